The summed E-state index contributed by atoms with van der Waals surface area (Å²) in [6, 6.07) is 3.48. The van der Waals surface area contributed by atoms with Gasteiger partial charge in [0.25, 0.3) is 5.91 Å². The van der Waals surface area contributed by atoms with Gasteiger partial charge in [-0.25, -0.2) is 18.7 Å². The third-order valence-corrected chi connectivity index (χ3v) is 6.13. The van der Waals surface area contributed by atoms with Gasteiger partial charge in [0, 0.05) is 13.1 Å². The first-order valence-electron chi connectivity index (χ1n) is 9.23. The molecule has 8 heteroatoms. The van der Waals surface area contributed by atoms with E-state index in [0.29, 0.717) is 15.5 Å². The van der Waals surface area contributed by atoms with E-state index in [-0.39, 0.29) is 0 Å². The van der Waals surface area contributed by atoms with Crippen molar-refractivity contribution >= 4 is 39.0 Å². The molecule has 1 fully saturated rings. The lowest BCUT2D eigenvalue weighted by Crippen LogP contribution is -2.30. The molecular weight excluding hydrogens is 382 g/mol. The number of hydrogen-bond donors (Lipinski definition) is 1. The number of fused-ring (bicyclic) bond motifs is 1. The van der Waals surface area contributed by atoms with Gasteiger partial charge >= 0.3 is 0 Å². The van der Waals surface area contributed by atoms with Gasteiger partial charge < -0.3 is 10.2 Å². The van der Waals surface area contributed by atoms with Crippen molar-refractivity contribution in [1.29, 1.82) is 0 Å². The summed E-state index contributed by atoms with van der Waals surface area (Å²) < 4.78 is 27.8. The molecule has 1 aliphatic heterocycles. The number of benzene rings is 1. The number of halogens is 2. The molecule has 3 aromatic rings. The number of carbonyl (C=O) groups excluding carboxylic acids is 1. The van der Waals surface area contributed by atoms with Crippen molar-refractivity contribution in [3.63, 3.8) is 0 Å². The van der Waals surface area contributed by atoms with E-state index in [0.717, 1.165) is 54.8 Å². The molecule has 0 radical (unpaired) electrons. The number of anilines is 2. The maximum absolute atomic E-state index is 13.9. The summed E-state index contributed by atoms with van der Waals surface area (Å²) in [6.45, 7) is 5.50. The molecule has 0 aliphatic carbocycles. The quantitative estimate of drug-likeness (QED) is 0.682. The molecule has 4 rings (SSSR count). The highest BCUT2D eigenvalue weighted by Crippen LogP contribution is 2.37. The van der Waals surface area contributed by atoms with Crippen LogP contribution in [0.2, 0.25) is 0 Å². The molecular formula is C20H20F2N4OS. The van der Waals surface area contributed by atoms with Crippen LogP contribution in [0, 0.1) is 25.5 Å². The highest BCUT2D eigenvalue weighted by molar-refractivity contribution is 7.20. The van der Waals surface area contributed by atoms with Crippen LogP contribution in [-0.2, 0) is 0 Å². The lowest BCUT2D eigenvalue weighted by Gasteiger charge is -2.28. The minimum atomic E-state index is -0.809. The second-order valence-corrected chi connectivity index (χ2v) is 7.93. The Morgan fingerprint density at radius 3 is 2.46 bits per heavy atom. The predicted molar refractivity (Wildman–Crippen MR) is 107 cm³/mol. The van der Waals surface area contributed by atoms with Crippen molar-refractivity contribution < 1.29 is 13.6 Å². The van der Waals surface area contributed by atoms with Crippen LogP contribution in [0.25, 0.3) is 10.2 Å². The number of carbonyl (C=O) groups is 1. The summed E-state index contributed by atoms with van der Waals surface area (Å²) in [5, 5.41) is 3.21. The first-order valence-corrected chi connectivity index (χ1v) is 10.1. The fourth-order valence-electron chi connectivity index (χ4n) is 3.56. The molecule has 0 atom stereocenters. The van der Waals surface area contributed by atoms with E-state index in [1.807, 2.05) is 13.8 Å². The van der Waals surface area contributed by atoms with Gasteiger partial charge in [0.05, 0.1) is 10.3 Å². The van der Waals surface area contributed by atoms with Crippen molar-refractivity contribution in [3.05, 3.63) is 46.1 Å². The van der Waals surface area contributed by atoms with Crippen LogP contribution >= 0.6 is 11.3 Å². The Balaban J connectivity index is 1.76. The monoisotopic (exact) mass is 402 g/mol. The number of aromatic nitrogens is 2. The molecule has 3 heterocycles. The van der Waals surface area contributed by atoms with Gasteiger partial charge in [0.1, 0.15) is 33.8 Å². The maximum Gasteiger partial charge on any atom is 0.266 e. The van der Waals surface area contributed by atoms with Crippen LogP contribution in [0.3, 0.4) is 0 Å². The lowest BCUT2D eigenvalue weighted by atomic mass is 10.1. The fraction of sp³-hybridized carbons (Fsp3) is 0.350. The molecule has 1 amide bonds. The van der Waals surface area contributed by atoms with Crippen molar-refractivity contribution in [3.8, 4) is 0 Å². The summed E-state index contributed by atoms with van der Waals surface area (Å²) in [7, 11) is 0. The summed E-state index contributed by atoms with van der Waals surface area (Å²) in [4.78, 5) is 25.2. The second kappa shape index (κ2) is 7.43. The van der Waals surface area contributed by atoms with Crippen LogP contribution < -0.4 is 10.2 Å². The number of nitrogens with zero attached hydrogens (tertiary/aromatic N) is 3. The fourth-order valence-corrected chi connectivity index (χ4v) is 4.68. The molecule has 1 aliphatic rings. The molecule has 146 valence electrons. The third kappa shape index (κ3) is 3.32. The van der Waals surface area contributed by atoms with Crippen molar-refractivity contribution in [2.75, 3.05) is 23.3 Å². The van der Waals surface area contributed by atoms with Gasteiger partial charge in [-0.2, -0.15) is 0 Å². The Kier molecular flexibility index (Phi) is 4.97. The normalized spacial score (nSPS) is 14.5. The molecule has 1 N–H and O–H groups in total. The van der Waals surface area contributed by atoms with E-state index >= 15 is 0 Å². The van der Waals surface area contributed by atoms with Gasteiger partial charge in [0.2, 0.25) is 0 Å². The van der Waals surface area contributed by atoms with Gasteiger partial charge in [-0.05, 0) is 50.8 Å². The van der Waals surface area contributed by atoms with Crippen LogP contribution in [0.15, 0.2) is 18.2 Å². The molecule has 5 nitrogen and oxygen atoms in total. The number of nitrogens with one attached hydrogen (secondary N) is 1. The van der Waals surface area contributed by atoms with E-state index in [9.17, 15) is 13.6 Å². The molecule has 2 aromatic heterocycles. The van der Waals surface area contributed by atoms with Gasteiger partial charge in [-0.1, -0.05) is 6.07 Å². The zero-order valence-electron chi connectivity index (χ0n) is 15.7. The maximum atomic E-state index is 13.9. The number of aryl methyl sites for hydroxylation is 2. The van der Waals surface area contributed by atoms with Crippen LogP contribution in [0.5, 0.6) is 0 Å². The number of para-hydroxylation sites is 1. The largest absolute Gasteiger partial charge is 0.356 e. The lowest BCUT2D eigenvalue weighted by molar-refractivity contribution is 0.102. The highest BCUT2D eigenvalue weighted by Gasteiger charge is 2.24. The third-order valence-electron chi connectivity index (χ3n) is 4.95. The summed E-state index contributed by atoms with van der Waals surface area (Å²) in [5.41, 5.74) is 0.290. The molecule has 0 spiro atoms. The first kappa shape index (κ1) is 18.7. The van der Waals surface area contributed by atoms with E-state index in [2.05, 4.69) is 20.2 Å². The Bertz CT molecular complexity index is 1040. The second-order valence-electron chi connectivity index (χ2n) is 6.93. The molecule has 1 saturated heterocycles. The molecule has 0 unspecified atom stereocenters. The van der Waals surface area contributed by atoms with Gasteiger partial charge in [0.15, 0.2) is 0 Å². The average Bonchev–Trinajstić information content (AvgIpc) is 3.01. The first-order chi connectivity index (χ1) is 13.5. The Labute approximate surface area is 165 Å². The Morgan fingerprint density at radius 2 is 1.79 bits per heavy atom. The molecule has 0 bridgehead atoms. The topological polar surface area (TPSA) is 58.1 Å². The summed E-state index contributed by atoms with van der Waals surface area (Å²) in [6.07, 6.45) is 3.41. The van der Waals surface area contributed by atoms with Crippen molar-refractivity contribution in [2.24, 2.45) is 0 Å². The molecule has 1 aromatic carbocycles. The van der Waals surface area contributed by atoms with Gasteiger partial charge in [-0.15, -0.1) is 11.3 Å². The zero-order chi connectivity index (χ0) is 19.8. The van der Waals surface area contributed by atoms with E-state index in [1.54, 1.807) is 0 Å². The highest BCUT2D eigenvalue weighted by atomic mass is 32.1. The van der Waals surface area contributed by atoms with E-state index in [1.165, 1.54) is 23.8 Å². The van der Waals surface area contributed by atoms with Crippen LogP contribution in [0.1, 0.15) is 40.3 Å². The van der Waals surface area contributed by atoms with Crippen molar-refractivity contribution in [1.82, 2.24) is 9.97 Å². The van der Waals surface area contributed by atoms with Crippen LogP contribution in [0.4, 0.5) is 20.3 Å². The molecule has 28 heavy (non-hydrogen) atoms. The number of piperidine rings is 1. The van der Waals surface area contributed by atoms with Crippen molar-refractivity contribution in [2.45, 2.75) is 33.1 Å². The minimum absolute atomic E-state index is 0.385. The van der Waals surface area contributed by atoms with Crippen LogP contribution in [-0.4, -0.2) is 29.0 Å². The summed E-state index contributed by atoms with van der Waals surface area (Å²) in [5.74, 6) is -0.686. The van der Waals surface area contributed by atoms with E-state index < -0.39 is 23.2 Å². The molecule has 0 saturated carbocycles. The number of hydrogen-bond acceptors (Lipinski definition) is 5. The zero-order valence-corrected chi connectivity index (χ0v) is 16.5. The Morgan fingerprint density at radius 1 is 1.11 bits per heavy atom. The SMILES string of the molecule is Cc1nc(N2CCCCC2)c2c(C)c(C(=O)Nc3c(F)cccc3F)sc2n1. The average molecular weight is 402 g/mol. The predicted octanol–water partition coefficient (Wildman–Crippen LogP) is 4.83. The Hall–Kier alpha value is -2.61. The van der Waals surface area contributed by atoms with Gasteiger partial charge in [-0.3, -0.25) is 4.79 Å². The number of thiophene rings is 1. The standard InChI is InChI=1S/C20H20F2N4OS/c1-11-15-18(26-9-4-3-5-10-26)23-12(2)24-20(15)28-17(11)19(27)25-16-13(21)7-6-8-14(16)22/h6-8H,3-5,9-10H2,1-2H3,(H,25,27). The number of amides is 1. The summed E-state index contributed by atoms with van der Waals surface area (Å²) >= 11 is 1.22. The minimum Gasteiger partial charge on any atom is -0.356 e. The number of rotatable bonds is 3. The smallest absolute Gasteiger partial charge is 0.266 e. The van der Waals surface area contributed by atoms with E-state index in [4.69, 9.17) is 0 Å².